The maximum Gasteiger partial charge on any atom is 0.322 e. The molecular weight excluding hydrogens is 188 g/mol. The summed E-state index contributed by atoms with van der Waals surface area (Å²) in [5.74, 6) is 0.742. The quantitative estimate of drug-likeness (QED) is 0.762. The van der Waals surface area contributed by atoms with Gasteiger partial charge in [-0.3, -0.25) is 0 Å². The van der Waals surface area contributed by atoms with E-state index in [9.17, 15) is 0 Å². The third-order valence-electron chi connectivity index (χ3n) is 2.03. The number of aryl methyl sites for hydroxylation is 1. The third kappa shape index (κ3) is 2.53. The van der Waals surface area contributed by atoms with Crippen LogP contribution in [-0.4, -0.2) is 9.97 Å². The van der Waals surface area contributed by atoms with Crippen molar-refractivity contribution in [3.63, 3.8) is 0 Å². The van der Waals surface area contributed by atoms with Crippen LogP contribution in [0.25, 0.3) is 0 Å². The number of hydrogen-bond acceptors (Lipinski definition) is 3. The predicted octanol–water partition coefficient (Wildman–Crippen LogP) is 2.63. The van der Waals surface area contributed by atoms with Crippen LogP contribution in [0, 0.1) is 6.20 Å². The second-order valence-corrected chi connectivity index (χ2v) is 3.07. The van der Waals surface area contributed by atoms with Crippen LogP contribution in [0.4, 0.5) is 0 Å². The SMILES string of the molecule is CCc1ccc(Oc2n[c]ccn2)cc1. The number of hydrogen-bond donors (Lipinski definition) is 0. The highest BCUT2D eigenvalue weighted by molar-refractivity contribution is 5.28. The first-order valence-electron chi connectivity index (χ1n) is 4.84. The van der Waals surface area contributed by atoms with Crippen molar-refractivity contribution in [2.45, 2.75) is 13.3 Å². The highest BCUT2D eigenvalue weighted by Gasteiger charge is 1.98. The first-order valence-corrected chi connectivity index (χ1v) is 4.84. The summed E-state index contributed by atoms with van der Waals surface area (Å²) in [6, 6.07) is 9.84. The zero-order chi connectivity index (χ0) is 10.5. The van der Waals surface area contributed by atoms with Crippen LogP contribution in [0.3, 0.4) is 0 Å². The van der Waals surface area contributed by atoms with Gasteiger partial charge in [0.1, 0.15) is 5.75 Å². The zero-order valence-corrected chi connectivity index (χ0v) is 8.47. The zero-order valence-electron chi connectivity index (χ0n) is 8.47. The minimum Gasteiger partial charge on any atom is -0.424 e. The van der Waals surface area contributed by atoms with Crippen LogP contribution >= 0.6 is 0 Å². The Labute approximate surface area is 88.8 Å². The predicted molar refractivity (Wildman–Crippen MR) is 56.8 cm³/mol. The van der Waals surface area contributed by atoms with Crippen molar-refractivity contribution >= 4 is 0 Å². The van der Waals surface area contributed by atoms with E-state index >= 15 is 0 Å². The van der Waals surface area contributed by atoms with E-state index in [-0.39, 0.29) is 0 Å². The minimum atomic E-state index is 0.321. The second kappa shape index (κ2) is 4.55. The minimum absolute atomic E-state index is 0.321. The van der Waals surface area contributed by atoms with Crippen molar-refractivity contribution in [3.8, 4) is 11.8 Å². The van der Waals surface area contributed by atoms with Crippen LogP contribution in [0.5, 0.6) is 11.8 Å². The largest absolute Gasteiger partial charge is 0.424 e. The standard InChI is InChI=1S/C12H11N2O/c1-2-10-4-6-11(7-5-10)15-12-13-8-3-9-14-12/h3-8H,2H2,1H3. The molecule has 2 rings (SSSR count). The van der Waals surface area contributed by atoms with Crippen molar-refractivity contribution in [2.75, 3.05) is 0 Å². The molecule has 0 saturated heterocycles. The average Bonchev–Trinajstić information content (AvgIpc) is 2.31. The van der Waals surface area contributed by atoms with Crippen LogP contribution in [0.15, 0.2) is 36.5 Å². The fraction of sp³-hybridized carbons (Fsp3) is 0.167. The Morgan fingerprint density at radius 2 is 2.07 bits per heavy atom. The molecule has 0 bridgehead atoms. The fourth-order valence-electron chi connectivity index (χ4n) is 1.20. The summed E-state index contributed by atoms with van der Waals surface area (Å²) >= 11 is 0. The molecule has 0 atom stereocenters. The van der Waals surface area contributed by atoms with Crippen LogP contribution < -0.4 is 4.74 Å². The Balaban J connectivity index is 2.11. The molecule has 3 heteroatoms. The van der Waals surface area contributed by atoms with Gasteiger partial charge in [-0.2, -0.15) is 4.98 Å². The van der Waals surface area contributed by atoms with E-state index in [0.29, 0.717) is 6.01 Å². The lowest BCUT2D eigenvalue weighted by molar-refractivity contribution is 0.441. The molecule has 75 valence electrons. The second-order valence-electron chi connectivity index (χ2n) is 3.07. The van der Waals surface area contributed by atoms with Crippen molar-refractivity contribution in [1.29, 1.82) is 0 Å². The normalized spacial score (nSPS) is 9.93. The van der Waals surface area contributed by atoms with Gasteiger partial charge in [0.25, 0.3) is 0 Å². The van der Waals surface area contributed by atoms with E-state index in [1.54, 1.807) is 12.3 Å². The molecule has 0 aliphatic rings. The van der Waals surface area contributed by atoms with Gasteiger partial charge in [0.05, 0.1) is 6.20 Å². The van der Waals surface area contributed by atoms with Gasteiger partial charge >= 0.3 is 6.01 Å². The summed E-state index contributed by atoms with van der Waals surface area (Å²) in [5.41, 5.74) is 1.28. The van der Waals surface area contributed by atoms with Gasteiger partial charge in [-0.1, -0.05) is 19.1 Å². The van der Waals surface area contributed by atoms with Crippen molar-refractivity contribution in [3.05, 3.63) is 48.3 Å². The summed E-state index contributed by atoms with van der Waals surface area (Å²) in [7, 11) is 0. The van der Waals surface area contributed by atoms with E-state index in [1.807, 2.05) is 24.3 Å². The number of aromatic nitrogens is 2. The Kier molecular flexibility index (Phi) is 2.93. The molecule has 0 fully saturated rings. The molecule has 0 unspecified atom stereocenters. The van der Waals surface area contributed by atoms with Crippen molar-refractivity contribution in [1.82, 2.24) is 9.97 Å². The molecule has 1 radical (unpaired) electrons. The Hall–Kier alpha value is -1.90. The molecule has 15 heavy (non-hydrogen) atoms. The van der Waals surface area contributed by atoms with Gasteiger partial charge in [0.2, 0.25) is 0 Å². The van der Waals surface area contributed by atoms with Crippen LogP contribution in [0.1, 0.15) is 12.5 Å². The summed E-state index contributed by atoms with van der Waals surface area (Å²) < 4.78 is 5.42. The van der Waals surface area contributed by atoms with E-state index in [2.05, 4.69) is 23.1 Å². The smallest absolute Gasteiger partial charge is 0.322 e. The van der Waals surface area contributed by atoms with Gasteiger partial charge in [-0.15, -0.1) is 0 Å². The lowest BCUT2D eigenvalue weighted by atomic mass is 10.2. The topological polar surface area (TPSA) is 35.0 Å². The number of nitrogens with zero attached hydrogens (tertiary/aromatic N) is 2. The molecule has 1 aromatic carbocycles. The lowest BCUT2D eigenvalue weighted by Crippen LogP contribution is -1.90. The van der Waals surface area contributed by atoms with Gasteiger partial charge in [0.15, 0.2) is 0 Å². The first-order chi connectivity index (χ1) is 7.38. The molecule has 0 N–H and O–H groups in total. The van der Waals surface area contributed by atoms with Gasteiger partial charge in [-0.05, 0) is 30.2 Å². The van der Waals surface area contributed by atoms with Crippen LogP contribution in [0.2, 0.25) is 0 Å². The maximum atomic E-state index is 5.42. The first kappa shape index (κ1) is 9.65. The van der Waals surface area contributed by atoms with Crippen LogP contribution in [-0.2, 0) is 6.42 Å². The van der Waals surface area contributed by atoms with Crippen molar-refractivity contribution < 1.29 is 4.74 Å². The van der Waals surface area contributed by atoms with E-state index in [1.165, 1.54) is 5.56 Å². The molecule has 1 aromatic heterocycles. The molecule has 0 amide bonds. The van der Waals surface area contributed by atoms with Gasteiger partial charge < -0.3 is 4.74 Å². The summed E-state index contributed by atoms with van der Waals surface area (Å²) in [5, 5.41) is 0. The average molecular weight is 199 g/mol. The van der Waals surface area contributed by atoms with Crippen molar-refractivity contribution in [2.24, 2.45) is 0 Å². The summed E-state index contributed by atoms with van der Waals surface area (Å²) in [6.07, 6.45) is 5.29. The van der Waals surface area contributed by atoms with Gasteiger partial charge in [-0.25, -0.2) is 4.98 Å². The van der Waals surface area contributed by atoms with E-state index < -0.39 is 0 Å². The Bertz CT molecular complexity index is 411. The number of ether oxygens (including phenoxy) is 1. The maximum absolute atomic E-state index is 5.42. The third-order valence-corrected chi connectivity index (χ3v) is 2.03. The highest BCUT2D eigenvalue weighted by atomic mass is 16.5. The summed E-state index contributed by atoms with van der Waals surface area (Å²) in [6.45, 7) is 2.12. The molecule has 0 spiro atoms. The molecule has 0 aliphatic heterocycles. The number of benzene rings is 1. The Morgan fingerprint density at radius 1 is 1.27 bits per heavy atom. The van der Waals surface area contributed by atoms with E-state index in [0.717, 1.165) is 12.2 Å². The van der Waals surface area contributed by atoms with E-state index in [4.69, 9.17) is 4.74 Å². The monoisotopic (exact) mass is 199 g/mol. The number of rotatable bonds is 3. The fourth-order valence-corrected chi connectivity index (χ4v) is 1.20. The highest BCUT2D eigenvalue weighted by Crippen LogP contribution is 2.17. The Morgan fingerprint density at radius 3 is 2.67 bits per heavy atom. The lowest BCUT2D eigenvalue weighted by Gasteiger charge is -2.03. The van der Waals surface area contributed by atoms with Gasteiger partial charge in [0, 0.05) is 6.20 Å². The molecule has 0 saturated carbocycles. The molecule has 0 aliphatic carbocycles. The summed E-state index contributed by atoms with van der Waals surface area (Å²) in [4.78, 5) is 7.81. The molecular formula is C12H11N2O. The molecule has 2 aromatic rings. The molecule has 3 nitrogen and oxygen atoms in total. The molecule has 1 heterocycles.